The predicted molar refractivity (Wildman–Crippen MR) is 158 cm³/mol. The third kappa shape index (κ3) is 6.95. The fourth-order valence-corrected chi connectivity index (χ4v) is 11.7. The fourth-order valence-electron chi connectivity index (χ4n) is 5.84. The molecule has 0 saturated carbocycles. The van der Waals surface area contributed by atoms with E-state index < -0.39 is 28.1 Å². The van der Waals surface area contributed by atoms with Crippen LogP contribution in [0.5, 0.6) is 0 Å². The second-order valence-electron chi connectivity index (χ2n) is 12.4. The molecule has 0 aliphatic carbocycles. The van der Waals surface area contributed by atoms with Crippen molar-refractivity contribution >= 4 is 28.0 Å². The third-order valence-corrected chi connectivity index (χ3v) is 15.5. The van der Waals surface area contributed by atoms with Crippen molar-refractivity contribution in [2.75, 3.05) is 32.5 Å². The summed E-state index contributed by atoms with van der Waals surface area (Å²) < 4.78 is 24.0. The van der Waals surface area contributed by atoms with Gasteiger partial charge >= 0.3 is 0 Å². The highest BCUT2D eigenvalue weighted by Crippen LogP contribution is 2.47. The highest BCUT2D eigenvalue weighted by atomic mass is 28.4. The number of amides is 1. The molecule has 6 nitrogen and oxygen atoms in total. The molecule has 37 heavy (non-hydrogen) atoms. The van der Waals surface area contributed by atoms with Gasteiger partial charge in [-0.1, -0.05) is 79.4 Å². The number of rotatable bonds is 15. The van der Waals surface area contributed by atoms with Gasteiger partial charge in [-0.3, -0.25) is 9.69 Å². The van der Waals surface area contributed by atoms with Gasteiger partial charge in [0.25, 0.3) is 8.32 Å². The molecule has 1 heterocycles. The van der Waals surface area contributed by atoms with Crippen LogP contribution in [0.1, 0.15) is 53.5 Å². The summed E-state index contributed by atoms with van der Waals surface area (Å²) in [6.07, 6.45) is 3.58. The molecule has 0 aromatic heterocycles. The maximum atomic E-state index is 14.2. The van der Waals surface area contributed by atoms with Crippen LogP contribution in [0.4, 0.5) is 5.69 Å². The summed E-state index contributed by atoms with van der Waals surface area (Å²) in [6, 6.07) is 9.03. The number of methoxy groups -OCH3 is 2. The Morgan fingerprint density at radius 1 is 0.946 bits per heavy atom. The molecule has 1 amide bonds. The van der Waals surface area contributed by atoms with Gasteiger partial charge in [0.2, 0.25) is 5.91 Å². The number of anilines is 1. The lowest BCUT2D eigenvalue weighted by molar-refractivity contribution is -0.134. The zero-order valence-electron chi connectivity index (χ0n) is 25.1. The van der Waals surface area contributed by atoms with Gasteiger partial charge in [0.1, 0.15) is 12.1 Å². The van der Waals surface area contributed by atoms with Crippen molar-refractivity contribution in [2.45, 2.75) is 102 Å². The van der Waals surface area contributed by atoms with Gasteiger partial charge in [0.05, 0.1) is 11.9 Å². The lowest BCUT2D eigenvalue weighted by atomic mass is 9.78. The van der Waals surface area contributed by atoms with Crippen molar-refractivity contribution in [3.63, 3.8) is 0 Å². The lowest BCUT2D eigenvalue weighted by Crippen LogP contribution is -2.47. The van der Waals surface area contributed by atoms with Crippen LogP contribution in [0.3, 0.4) is 0 Å². The Morgan fingerprint density at radius 3 is 2.03 bits per heavy atom. The predicted octanol–water partition coefficient (Wildman–Crippen LogP) is 7.30. The molecule has 2 rings (SSSR count). The normalized spacial score (nSPS) is 18.8. The lowest BCUT2D eigenvalue weighted by Gasteiger charge is -2.41. The van der Waals surface area contributed by atoms with E-state index in [1.807, 2.05) is 36.6 Å². The number of carbonyl (C=O) groups is 1. The number of carbonyl (C=O) groups excluding carboxylic acids is 1. The maximum absolute atomic E-state index is 14.2. The zero-order valence-corrected chi connectivity index (χ0v) is 27.1. The van der Waals surface area contributed by atoms with E-state index >= 15 is 0 Å². The molecule has 1 unspecified atom stereocenters. The molecule has 0 radical (unpaired) electrons. The highest BCUT2D eigenvalue weighted by Gasteiger charge is 2.51. The second-order valence-corrected chi connectivity index (χ2v) is 23.4. The number of para-hydroxylation sites is 1. The summed E-state index contributed by atoms with van der Waals surface area (Å²) in [5, 5.41) is 0. The maximum Gasteiger partial charge on any atom is 0.257 e. The molecular weight excluding hydrogens is 498 g/mol. The van der Waals surface area contributed by atoms with E-state index in [2.05, 4.69) is 61.2 Å². The average Bonchev–Trinajstić information content (AvgIpc) is 3.04. The molecular formula is C29H51NO5Si2. The number of benzene rings is 1. The monoisotopic (exact) mass is 549 g/mol. The Labute approximate surface area is 227 Å². The van der Waals surface area contributed by atoms with Crippen LogP contribution in [0.2, 0.25) is 42.3 Å². The van der Waals surface area contributed by atoms with Gasteiger partial charge in [-0.05, 0) is 40.4 Å². The molecule has 0 fully saturated rings. The smallest absolute Gasteiger partial charge is 0.257 e. The third-order valence-electron chi connectivity index (χ3n) is 7.87. The van der Waals surface area contributed by atoms with E-state index in [-0.39, 0.29) is 12.6 Å². The Bertz CT molecular complexity index is 886. The Kier molecular flexibility index (Phi) is 11.2. The van der Waals surface area contributed by atoms with Crippen LogP contribution < -0.4 is 4.90 Å². The minimum atomic E-state index is -2.16. The first-order chi connectivity index (χ1) is 17.3. The van der Waals surface area contributed by atoms with Gasteiger partial charge in [-0.2, -0.15) is 0 Å². The summed E-state index contributed by atoms with van der Waals surface area (Å²) in [4.78, 5) is 16.0. The van der Waals surface area contributed by atoms with Gasteiger partial charge in [0, 0.05) is 35.3 Å². The largest absolute Gasteiger partial charge is 0.548 e. The number of hydrogen-bond donors (Lipinski definition) is 0. The molecule has 1 aromatic carbocycles. The summed E-state index contributed by atoms with van der Waals surface area (Å²) in [5.74, 6) is -0.0356. The van der Waals surface area contributed by atoms with E-state index in [0.29, 0.717) is 29.7 Å². The number of nitrogens with zero attached hydrogens (tertiary/aromatic N) is 1. The van der Waals surface area contributed by atoms with Crippen LogP contribution in [0, 0.1) is 0 Å². The first kappa shape index (κ1) is 31.8. The molecule has 1 aliphatic rings. The van der Waals surface area contributed by atoms with E-state index in [0.717, 1.165) is 17.3 Å². The van der Waals surface area contributed by atoms with Crippen LogP contribution in [-0.2, 0) is 28.8 Å². The van der Waals surface area contributed by atoms with Gasteiger partial charge in [0.15, 0.2) is 6.29 Å². The van der Waals surface area contributed by atoms with Crippen molar-refractivity contribution in [3.05, 3.63) is 42.2 Å². The van der Waals surface area contributed by atoms with Crippen LogP contribution in [-0.4, -0.2) is 56.1 Å². The van der Waals surface area contributed by atoms with E-state index in [1.54, 1.807) is 19.1 Å². The summed E-state index contributed by atoms with van der Waals surface area (Å²) >= 11 is 0. The average molecular weight is 550 g/mol. The molecule has 0 spiro atoms. The molecule has 1 atom stereocenters. The second kappa shape index (κ2) is 13.1. The van der Waals surface area contributed by atoms with Crippen molar-refractivity contribution in [1.82, 2.24) is 0 Å². The first-order valence-electron chi connectivity index (χ1n) is 13.7. The van der Waals surface area contributed by atoms with Crippen LogP contribution in [0.15, 0.2) is 36.6 Å². The molecule has 0 bridgehead atoms. The van der Waals surface area contributed by atoms with Gasteiger partial charge in [-0.25, -0.2) is 0 Å². The van der Waals surface area contributed by atoms with Crippen molar-refractivity contribution in [1.29, 1.82) is 0 Å². The number of fused-ring (bicyclic) bond motifs is 1. The molecule has 210 valence electrons. The highest BCUT2D eigenvalue weighted by molar-refractivity contribution is 6.77. The van der Waals surface area contributed by atoms with Gasteiger partial charge < -0.3 is 18.6 Å². The minimum Gasteiger partial charge on any atom is -0.548 e. The van der Waals surface area contributed by atoms with E-state index in [9.17, 15) is 4.79 Å². The molecule has 0 N–H and O–H groups in total. The minimum absolute atomic E-state index is 0.0356. The SMILES string of the molecule is COC(CC1(C=CO[Si](C(C)C)(C(C)C)C(C)C)C(=O)N(COCC[Si](C)(C)C)c2ccccc21)OC. The Balaban J connectivity index is 2.50. The fraction of sp³-hybridized carbons (Fsp3) is 0.690. The topological polar surface area (TPSA) is 57.2 Å². The van der Waals surface area contributed by atoms with E-state index in [4.69, 9.17) is 18.6 Å². The zero-order chi connectivity index (χ0) is 28.0. The van der Waals surface area contributed by atoms with Gasteiger partial charge in [-0.15, -0.1) is 0 Å². The molecule has 1 aliphatic heterocycles. The van der Waals surface area contributed by atoms with Crippen molar-refractivity contribution in [3.8, 4) is 0 Å². The van der Waals surface area contributed by atoms with Crippen LogP contribution >= 0.6 is 0 Å². The number of hydrogen-bond acceptors (Lipinski definition) is 5. The van der Waals surface area contributed by atoms with Crippen LogP contribution in [0.25, 0.3) is 0 Å². The summed E-state index contributed by atoms with van der Waals surface area (Å²) in [7, 11) is -0.170. The first-order valence-corrected chi connectivity index (χ1v) is 19.5. The quantitative estimate of drug-likeness (QED) is 0.0994. The van der Waals surface area contributed by atoms with E-state index in [1.165, 1.54) is 0 Å². The summed E-state index contributed by atoms with van der Waals surface area (Å²) in [6.45, 7) is 21.4. The standard InChI is InChI=1S/C29H51NO5Si2/c1-22(2)37(23(3)4,24(5)6)35-17-16-29(20-27(32-7)33-8)25-14-12-13-15-26(25)30(28(29)31)21-34-18-19-36(9,10)11/h12-17,22-24,27H,18-21H2,1-11H3. The molecule has 0 saturated heterocycles. The Morgan fingerprint density at radius 2 is 1.51 bits per heavy atom. The summed E-state index contributed by atoms with van der Waals surface area (Å²) in [5.41, 5.74) is 2.13. The Hall–Kier alpha value is -1.46. The number of ether oxygens (including phenoxy) is 3. The molecule has 8 heteroatoms. The molecule has 1 aromatic rings. The van der Waals surface area contributed by atoms with Crippen molar-refractivity contribution in [2.24, 2.45) is 0 Å². The van der Waals surface area contributed by atoms with Crippen molar-refractivity contribution < 1.29 is 23.4 Å².